The van der Waals surface area contributed by atoms with Gasteiger partial charge in [0.1, 0.15) is 19.8 Å². The Kier molecular flexibility index (Phi) is 10.8. The maximum atomic E-state index is 13.8. The summed E-state index contributed by atoms with van der Waals surface area (Å²) in [4.78, 5) is 66.1. The van der Waals surface area contributed by atoms with Crippen LogP contribution >= 0.6 is 0 Å². The van der Waals surface area contributed by atoms with Gasteiger partial charge in [0.25, 0.3) is 0 Å². The number of carbonyl (C=O) groups is 5. The van der Waals surface area contributed by atoms with Crippen molar-refractivity contribution in [3.05, 3.63) is 36.5 Å². The average molecular weight is 572 g/mol. The predicted octanol–water partition coefficient (Wildman–Crippen LogP) is 1.99. The topological polar surface area (TPSA) is 166 Å². The van der Waals surface area contributed by atoms with Crippen LogP contribution < -0.4 is 0 Å². The van der Waals surface area contributed by atoms with Crippen molar-refractivity contribution in [1.29, 1.82) is 0 Å². The van der Waals surface area contributed by atoms with Crippen LogP contribution in [0.15, 0.2) is 36.5 Å². The Morgan fingerprint density at radius 2 is 1.64 bits per heavy atom. The van der Waals surface area contributed by atoms with Crippen molar-refractivity contribution < 1.29 is 51.3 Å². The monoisotopic (exact) mass is 571 g/mol. The highest BCUT2D eigenvalue weighted by Gasteiger charge is 2.55. The van der Waals surface area contributed by atoms with E-state index in [1.807, 2.05) is 0 Å². The van der Waals surface area contributed by atoms with Gasteiger partial charge < -0.3 is 18.9 Å². The molecular weight excluding hydrogens is 538 g/mol. The molecule has 0 spiro atoms. The molecule has 0 radical (unpaired) electrons. The van der Waals surface area contributed by atoms with E-state index in [4.69, 9.17) is 18.9 Å². The third-order valence-corrected chi connectivity index (χ3v) is 7.16. The molecule has 15 heteroatoms. The summed E-state index contributed by atoms with van der Waals surface area (Å²) in [6.07, 6.45) is -0.829. The second kappa shape index (κ2) is 13.4. The van der Waals surface area contributed by atoms with E-state index in [1.54, 1.807) is 13.8 Å². The van der Waals surface area contributed by atoms with Gasteiger partial charge in [-0.1, -0.05) is 40.9 Å². The lowest BCUT2D eigenvalue weighted by Gasteiger charge is -2.44. The van der Waals surface area contributed by atoms with Crippen molar-refractivity contribution in [3.63, 3.8) is 0 Å². The number of cyclic esters (lactones) is 1. The van der Waals surface area contributed by atoms with Crippen molar-refractivity contribution >= 4 is 40.2 Å². The number of nitrogens with zero attached hydrogens (tertiary/aromatic N) is 3. The number of sulfonamides is 1. The van der Waals surface area contributed by atoms with E-state index in [-0.39, 0.29) is 36.8 Å². The third-order valence-electron chi connectivity index (χ3n) is 6.09. The molecule has 0 aromatic heterocycles. The molecule has 0 N–H and O–H groups in total. The molecule has 2 rings (SSSR count). The van der Waals surface area contributed by atoms with Crippen LogP contribution in [0.5, 0.6) is 0 Å². The highest BCUT2D eigenvalue weighted by atomic mass is 32.2. The minimum Gasteiger partial charge on any atom is -0.466 e. The lowest BCUT2D eigenvalue weighted by Crippen LogP contribution is -2.63. The van der Waals surface area contributed by atoms with Gasteiger partial charge in [-0.15, -0.1) is 5.01 Å². The van der Waals surface area contributed by atoms with Gasteiger partial charge >= 0.3 is 24.2 Å². The Morgan fingerprint density at radius 3 is 2.08 bits per heavy atom. The molecule has 39 heavy (non-hydrogen) atoms. The molecule has 1 aliphatic carbocycles. The first-order chi connectivity index (χ1) is 18.3. The second-order valence-corrected chi connectivity index (χ2v) is 10.5. The highest BCUT2D eigenvalue weighted by molar-refractivity contribution is 7.88. The smallest absolute Gasteiger partial charge is 0.435 e. The van der Waals surface area contributed by atoms with Gasteiger partial charge in [-0.25, -0.2) is 27.7 Å². The fourth-order valence-corrected chi connectivity index (χ4v) is 5.45. The van der Waals surface area contributed by atoms with Crippen LogP contribution in [0.3, 0.4) is 0 Å². The third kappa shape index (κ3) is 7.03. The number of carbonyl (C=O) groups excluding carboxylic acids is 5. The molecule has 0 bridgehead atoms. The first kappa shape index (κ1) is 31.5. The SMILES string of the molecule is C=CCOC(=O)N(C(=O)OCC=C)N([C@H]1C(C)=C(C)C[C@@H](C(=O)OCC)[C@@H]1C(=O)N1CCOC1=O)S(C)(=O)=O. The Morgan fingerprint density at radius 1 is 1.08 bits per heavy atom. The Bertz CT molecular complexity index is 1140. The summed E-state index contributed by atoms with van der Waals surface area (Å²) in [6.45, 7) is 10.4. The van der Waals surface area contributed by atoms with Crippen LogP contribution in [0.4, 0.5) is 14.4 Å². The van der Waals surface area contributed by atoms with Crippen LogP contribution in [0, 0.1) is 11.8 Å². The van der Waals surface area contributed by atoms with E-state index in [0.717, 1.165) is 4.90 Å². The molecule has 1 saturated heterocycles. The van der Waals surface area contributed by atoms with Gasteiger partial charge in [0, 0.05) is 0 Å². The van der Waals surface area contributed by atoms with E-state index in [9.17, 15) is 32.4 Å². The van der Waals surface area contributed by atoms with Gasteiger partial charge in [-0.2, -0.15) is 0 Å². The Hall–Kier alpha value is -3.72. The lowest BCUT2D eigenvalue weighted by atomic mass is 9.72. The van der Waals surface area contributed by atoms with E-state index in [0.29, 0.717) is 16.2 Å². The maximum Gasteiger partial charge on any atom is 0.435 e. The molecule has 3 atom stereocenters. The molecule has 0 aromatic carbocycles. The molecule has 14 nitrogen and oxygen atoms in total. The van der Waals surface area contributed by atoms with Gasteiger partial charge in [-0.3, -0.25) is 9.59 Å². The molecule has 0 unspecified atom stereocenters. The molecule has 0 aromatic rings. The van der Waals surface area contributed by atoms with Gasteiger partial charge in [0.15, 0.2) is 0 Å². The Balaban J connectivity index is 2.83. The zero-order chi connectivity index (χ0) is 29.5. The molecular formula is C24H33N3O11S. The lowest BCUT2D eigenvalue weighted by molar-refractivity contribution is -0.157. The van der Waals surface area contributed by atoms with E-state index >= 15 is 0 Å². The van der Waals surface area contributed by atoms with E-state index in [1.165, 1.54) is 19.1 Å². The number of hydrogen-bond donors (Lipinski definition) is 0. The molecule has 1 aliphatic heterocycles. The number of hydrogen-bond acceptors (Lipinski definition) is 11. The van der Waals surface area contributed by atoms with Crippen molar-refractivity contribution in [2.75, 3.05) is 39.2 Å². The zero-order valence-electron chi connectivity index (χ0n) is 22.3. The van der Waals surface area contributed by atoms with Crippen molar-refractivity contribution in [2.45, 2.75) is 33.2 Å². The molecule has 4 amide bonds. The highest BCUT2D eigenvalue weighted by Crippen LogP contribution is 2.41. The summed E-state index contributed by atoms with van der Waals surface area (Å²) in [5.74, 6) is -4.65. The normalized spacial score (nSPS) is 21.2. The minimum atomic E-state index is -4.59. The van der Waals surface area contributed by atoms with Crippen LogP contribution in [-0.4, -0.2) is 98.2 Å². The van der Waals surface area contributed by atoms with Gasteiger partial charge in [0.2, 0.25) is 15.9 Å². The van der Waals surface area contributed by atoms with E-state index < -0.39 is 71.3 Å². The number of rotatable bonds is 10. The number of hydrazine groups is 1. The number of ether oxygens (including phenoxy) is 4. The number of imide groups is 2. The van der Waals surface area contributed by atoms with Crippen LogP contribution in [-0.2, 0) is 38.6 Å². The quantitative estimate of drug-likeness (QED) is 0.163. The molecule has 1 heterocycles. The van der Waals surface area contributed by atoms with E-state index in [2.05, 4.69) is 13.2 Å². The first-order valence-corrected chi connectivity index (χ1v) is 13.8. The zero-order valence-corrected chi connectivity index (χ0v) is 23.1. The van der Waals surface area contributed by atoms with Crippen molar-refractivity contribution in [2.24, 2.45) is 11.8 Å². The number of amides is 4. The largest absolute Gasteiger partial charge is 0.466 e. The fourth-order valence-electron chi connectivity index (χ4n) is 4.32. The predicted molar refractivity (Wildman–Crippen MR) is 135 cm³/mol. The number of allylic oxidation sites excluding steroid dienone is 1. The second-order valence-electron chi connectivity index (χ2n) is 8.68. The minimum absolute atomic E-state index is 0.0140. The summed E-state index contributed by atoms with van der Waals surface area (Å²) < 4.78 is 46.9. The average Bonchev–Trinajstić information content (AvgIpc) is 3.30. The maximum absolute atomic E-state index is 13.8. The summed E-state index contributed by atoms with van der Waals surface area (Å²) in [7, 11) is -4.59. The summed E-state index contributed by atoms with van der Waals surface area (Å²) in [5, 5.41) is 0.0971. The Labute approximate surface area is 226 Å². The summed E-state index contributed by atoms with van der Waals surface area (Å²) >= 11 is 0. The molecule has 1 fully saturated rings. The van der Waals surface area contributed by atoms with Crippen molar-refractivity contribution in [3.8, 4) is 0 Å². The molecule has 216 valence electrons. The van der Waals surface area contributed by atoms with Crippen LogP contribution in [0.25, 0.3) is 0 Å². The van der Waals surface area contributed by atoms with Crippen LogP contribution in [0.2, 0.25) is 0 Å². The summed E-state index contributed by atoms with van der Waals surface area (Å²) in [6, 6.07) is -1.64. The van der Waals surface area contributed by atoms with Gasteiger partial charge in [0.05, 0.1) is 37.3 Å². The van der Waals surface area contributed by atoms with Crippen molar-refractivity contribution in [1.82, 2.24) is 14.3 Å². The van der Waals surface area contributed by atoms with Gasteiger partial charge in [-0.05, 0) is 27.2 Å². The fraction of sp³-hybridized carbons (Fsp3) is 0.542. The summed E-state index contributed by atoms with van der Waals surface area (Å²) in [5.41, 5.74) is 0.753. The number of esters is 1. The molecule has 2 aliphatic rings. The molecule has 0 saturated carbocycles. The standard InChI is InChI=1S/C24H33N3O11S/c1-7-11-36-23(31)26(24(32)37-12-8-2)27(39(6,33)34)19-16(5)15(4)14-17(21(29)35-9-3)18(19)20(28)25-10-13-38-22(25)30/h7-8,17-19H,1-2,9-14H2,3-6H3/t17-,18+,19+/m1/s1. The first-order valence-electron chi connectivity index (χ1n) is 12.0. The van der Waals surface area contributed by atoms with Crippen LogP contribution in [0.1, 0.15) is 27.2 Å².